The van der Waals surface area contributed by atoms with E-state index in [4.69, 9.17) is 42.6 Å². The molecule has 2 aliphatic heterocycles. The molecule has 2 aromatic carbocycles. The number of carbonyl (C=O) groups excluding carboxylic acids is 4. The zero-order valence-corrected chi connectivity index (χ0v) is 26.6. The van der Waals surface area contributed by atoms with E-state index in [1.165, 1.54) is 6.92 Å². The van der Waals surface area contributed by atoms with Gasteiger partial charge in [-0.05, 0) is 11.1 Å². The highest BCUT2D eigenvalue weighted by molar-refractivity contribution is 5.68. The third-order valence-electron chi connectivity index (χ3n) is 7.20. The van der Waals surface area contributed by atoms with E-state index in [1.54, 1.807) is 0 Å². The molecule has 2 heterocycles. The fraction of sp³-hybridized carbons (Fsp3) is 0.515. The van der Waals surface area contributed by atoms with Crippen LogP contribution in [0.25, 0.3) is 0 Å². The van der Waals surface area contributed by atoms with Gasteiger partial charge >= 0.3 is 23.9 Å². The summed E-state index contributed by atoms with van der Waals surface area (Å²) in [4.78, 5) is 48.2. The first-order chi connectivity index (χ1) is 22.5. The number of aliphatic hydroxyl groups excluding tert-OH is 1. The predicted molar refractivity (Wildman–Crippen MR) is 159 cm³/mol. The lowest BCUT2D eigenvalue weighted by molar-refractivity contribution is -0.329. The van der Waals surface area contributed by atoms with E-state index in [-0.39, 0.29) is 19.8 Å². The van der Waals surface area contributed by atoms with Gasteiger partial charge in [0, 0.05) is 27.7 Å². The second-order valence-electron chi connectivity index (χ2n) is 11.0. The molecule has 256 valence electrons. The molecule has 2 fully saturated rings. The Morgan fingerprint density at radius 2 is 1.15 bits per heavy atom. The van der Waals surface area contributed by atoms with Crippen molar-refractivity contribution in [1.82, 2.24) is 0 Å². The number of hydrogen-bond acceptors (Lipinski definition) is 14. The van der Waals surface area contributed by atoms with Crippen molar-refractivity contribution in [3.05, 3.63) is 71.8 Å². The van der Waals surface area contributed by atoms with Crippen LogP contribution in [-0.4, -0.2) is 97.5 Å². The van der Waals surface area contributed by atoms with Crippen molar-refractivity contribution in [2.45, 2.75) is 96.2 Å². The highest BCUT2D eigenvalue weighted by Crippen LogP contribution is 2.34. The Morgan fingerprint density at radius 3 is 1.72 bits per heavy atom. The standard InChI is InChI=1S/C33H40O14/c1-19(34)40-18-26-28(42-20(2)35)29(43-21(3)36)31(44-22(4)37)33(46-26)47-30-27(41-16-24-13-9-6-10-14-24)25(45-32(30)38)17-39-15-23-11-7-5-8-12-23/h5-14,25-33,38H,15-18H2,1-4H3/t25-,26-,27-,28-,29+,30+,31+,32+,33-/m1/s1. The Morgan fingerprint density at radius 1 is 0.617 bits per heavy atom. The Balaban J connectivity index is 1.62. The van der Waals surface area contributed by atoms with Gasteiger partial charge in [0.05, 0.1) is 19.8 Å². The van der Waals surface area contributed by atoms with Gasteiger partial charge in [-0.1, -0.05) is 60.7 Å². The molecule has 2 saturated heterocycles. The molecule has 2 aromatic rings. The third-order valence-corrected chi connectivity index (χ3v) is 7.20. The molecule has 4 rings (SSSR count). The summed E-state index contributed by atoms with van der Waals surface area (Å²) in [6.07, 6.45) is -11.7. The molecule has 1 N–H and O–H groups in total. The van der Waals surface area contributed by atoms with Crippen LogP contribution in [0.3, 0.4) is 0 Å². The molecule has 0 aromatic heterocycles. The largest absolute Gasteiger partial charge is 0.463 e. The molecule has 0 spiro atoms. The van der Waals surface area contributed by atoms with E-state index < -0.39 is 85.8 Å². The number of rotatable bonds is 14. The maximum Gasteiger partial charge on any atom is 0.303 e. The van der Waals surface area contributed by atoms with Gasteiger partial charge in [0.25, 0.3) is 0 Å². The van der Waals surface area contributed by atoms with Gasteiger partial charge < -0.3 is 47.7 Å². The van der Waals surface area contributed by atoms with E-state index >= 15 is 0 Å². The first-order valence-corrected chi connectivity index (χ1v) is 15.1. The molecule has 0 saturated carbocycles. The highest BCUT2D eigenvalue weighted by atomic mass is 16.8. The smallest absolute Gasteiger partial charge is 0.303 e. The maximum absolute atomic E-state index is 12.3. The van der Waals surface area contributed by atoms with Crippen LogP contribution in [0.2, 0.25) is 0 Å². The molecule has 2 aliphatic rings. The SMILES string of the molecule is CC(=O)OC[C@H]1O[C@H](O[C@H]2[C@H](OCc3ccccc3)[C@@H](COCc3ccccc3)O[C@@H]2O)[C@@H](OC(C)=O)[C@@H](OC(C)=O)[C@@H]1OC(C)=O. The van der Waals surface area contributed by atoms with Gasteiger partial charge in [-0.3, -0.25) is 19.2 Å². The number of ether oxygens (including phenoxy) is 9. The van der Waals surface area contributed by atoms with Crippen molar-refractivity contribution in [2.75, 3.05) is 13.2 Å². The molecular formula is C33H40O14. The number of esters is 4. The molecule has 9 atom stereocenters. The number of aliphatic hydroxyl groups is 1. The minimum absolute atomic E-state index is 0.0177. The first kappa shape index (κ1) is 35.9. The lowest BCUT2D eigenvalue weighted by atomic mass is 9.98. The van der Waals surface area contributed by atoms with Crippen molar-refractivity contribution in [3.8, 4) is 0 Å². The zero-order valence-electron chi connectivity index (χ0n) is 26.6. The molecule has 0 bridgehead atoms. The Kier molecular flexibility index (Phi) is 13.2. The van der Waals surface area contributed by atoms with Crippen molar-refractivity contribution in [3.63, 3.8) is 0 Å². The first-order valence-electron chi connectivity index (χ1n) is 15.1. The van der Waals surface area contributed by atoms with Crippen molar-refractivity contribution >= 4 is 23.9 Å². The van der Waals surface area contributed by atoms with Gasteiger partial charge in [0.1, 0.15) is 31.0 Å². The van der Waals surface area contributed by atoms with Crippen LogP contribution in [0.15, 0.2) is 60.7 Å². The summed E-state index contributed by atoms with van der Waals surface area (Å²) in [5.41, 5.74) is 1.77. The van der Waals surface area contributed by atoms with Crippen LogP contribution in [0.4, 0.5) is 0 Å². The van der Waals surface area contributed by atoms with Crippen LogP contribution in [0.5, 0.6) is 0 Å². The molecule has 0 aliphatic carbocycles. The van der Waals surface area contributed by atoms with Crippen LogP contribution < -0.4 is 0 Å². The monoisotopic (exact) mass is 660 g/mol. The summed E-state index contributed by atoms with van der Waals surface area (Å²) in [7, 11) is 0. The lowest BCUT2D eigenvalue weighted by Gasteiger charge is -2.45. The Labute approximate surface area is 272 Å². The van der Waals surface area contributed by atoms with Crippen LogP contribution in [0, 0.1) is 0 Å². The predicted octanol–water partition coefficient (Wildman–Crippen LogP) is 1.97. The van der Waals surface area contributed by atoms with Gasteiger partial charge in [0.15, 0.2) is 30.9 Å². The number of hydrogen-bond donors (Lipinski definition) is 1. The van der Waals surface area contributed by atoms with E-state index in [9.17, 15) is 24.3 Å². The van der Waals surface area contributed by atoms with E-state index in [0.29, 0.717) is 0 Å². The maximum atomic E-state index is 12.3. The highest BCUT2D eigenvalue weighted by Gasteiger charge is 2.56. The quantitative estimate of drug-likeness (QED) is 0.230. The fourth-order valence-corrected chi connectivity index (χ4v) is 5.28. The normalized spacial score (nSPS) is 28.7. The van der Waals surface area contributed by atoms with Crippen molar-refractivity contribution < 1.29 is 66.9 Å². The number of benzene rings is 2. The average Bonchev–Trinajstić information content (AvgIpc) is 3.31. The molecular weight excluding hydrogens is 620 g/mol. The molecule has 0 amide bonds. The van der Waals surface area contributed by atoms with E-state index in [0.717, 1.165) is 31.9 Å². The van der Waals surface area contributed by atoms with Gasteiger partial charge in [-0.2, -0.15) is 0 Å². The summed E-state index contributed by atoms with van der Waals surface area (Å²) in [5.74, 6) is -3.01. The molecule has 0 unspecified atom stereocenters. The van der Waals surface area contributed by atoms with Gasteiger partial charge in [-0.25, -0.2) is 0 Å². The minimum Gasteiger partial charge on any atom is -0.463 e. The van der Waals surface area contributed by atoms with E-state index in [2.05, 4.69) is 0 Å². The van der Waals surface area contributed by atoms with Crippen LogP contribution in [0.1, 0.15) is 38.8 Å². The minimum atomic E-state index is -1.56. The van der Waals surface area contributed by atoms with Gasteiger partial charge in [-0.15, -0.1) is 0 Å². The van der Waals surface area contributed by atoms with Gasteiger partial charge in [0.2, 0.25) is 0 Å². The van der Waals surface area contributed by atoms with E-state index in [1.807, 2.05) is 60.7 Å². The van der Waals surface area contributed by atoms with Crippen LogP contribution >= 0.6 is 0 Å². The molecule has 14 nitrogen and oxygen atoms in total. The Hall–Kier alpha value is -3.92. The topological polar surface area (TPSA) is 172 Å². The average molecular weight is 661 g/mol. The summed E-state index contributed by atoms with van der Waals surface area (Å²) in [6, 6.07) is 18.8. The second kappa shape index (κ2) is 17.3. The number of carbonyl (C=O) groups is 4. The lowest BCUT2D eigenvalue weighted by Crippen LogP contribution is -2.64. The fourth-order valence-electron chi connectivity index (χ4n) is 5.28. The third kappa shape index (κ3) is 10.5. The Bertz CT molecular complexity index is 1320. The summed E-state index contributed by atoms with van der Waals surface area (Å²) in [6.45, 7) is 4.50. The summed E-state index contributed by atoms with van der Waals surface area (Å²) < 4.78 is 51.8. The summed E-state index contributed by atoms with van der Waals surface area (Å²) in [5, 5.41) is 11.1. The molecule has 14 heteroatoms. The second-order valence-corrected chi connectivity index (χ2v) is 11.0. The molecule has 47 heavy (non-hydrogen) atoms. The van der Waals surface area contributed by atoms with Crippen molar-refractivity contribution in [1.29, 1.82) is 0 Å². The molecule has 0 radical (unpaired) electrons. The summed E-state index contributed by atoms with van der Waals surface area (Å²) >= 11 is 0. The van der Waals surface area contributed by atoms with Crippen LogP contribution in [-0.2, 0) is 75.0 Å². The van der Waals surface area contributed by atoms with Crippen molar-refractivity contribution in [2.24, 2.45) is 0 Å². The zero-order chi connectivity index (χ0) is 33.9.